The minimum Gasteiger partial charge on any atom is -0.465 e. The Kier molecular flexibility index (Phi) is 5.51. The number of carbonyl (C=O) groups is 1. The number of fused-ring (bicyclic) bond motifs is 7. The van der Waals surface area contributed by atoms with Crippen LogP contribution in [-0.2, 0) is 14.3 Å². The molecule has 4 nitrogen and oxygen atoms in total. The first-order chi connectivity index (χ1) is 16.7. The number of aliphatic hydroxyl groups is 1. The van der Waals surface area contributed by atoms with Crippen LogP contribution in [0.4, 0.5) is 0 Å². The normalized spacial score (nSPS) is 57.1. The Morgan fingerprint density at radius 2 is 1.56 bits per heavy atom. The maximum atomic E-state index is 11.9. The molecule has 0 aromatic rings. The highest BCUT2D eigenvalue weighted by Gasteiger charge is 2.72. The van der Waals surface area contributed by atoms with Crippen LogP contribution in [0.15, 0.2) is 0 Å². The largest absolute Gasteiger partial charge is 0.465 e. The summed E-state index contributed by atoms with van der Waals surface area (Å²) in [5, 5.41) is 11.0. The third-order valence-electron chi connectivity index (χ3n) is 14.5. The number of hydrogen-bond donors (Lipinski definition) is 1. The molecule has 1 aliphatic heterocycles. The Morgan fingerprint density at radius 1 is 0.833 bits per heavy atom. The molecule has 6 fully saturated rings. The van der Waals surface area contributed by atoms with Gasteiger partial charge in [0, 0.05) is 12.3 Å². The lowest BCUT2D eigenvalue weighted by molar-refractivity contribution is -0.251. The van der Waals surface area contributed by atoms with E-state index in [1.807, 2.05) is 0 Å². The fraction of sp³-hybridized carbons (Fsp3) is 0.969. The number of epoxide rings is 1. The summed E-state index contributed by atoms with van der Waals surface area (Å²) in [5.41, 5.74) is 1.12. The smallest absolute Gasteiger partial charge is 0.302 e. The topological polar surface area (TPSA) is 59.1 Å². The van der Waals surface area contributed by atoms with Crippen molar-refractivity contribution in [2.24, 2.45) is 56.7 Å². The summed E-state index contributed by atoms with van der Waals surface area (Å²) in [4.78, 5) is 11.9. The van der Waals surface area contributed by atoms with Gasteiger partial charge in [-0.1, -0.05) is 34.6 Å². The minimum atomic E-state index is -0.165. The van der Waals surface area contributed by atoms with Gasteiger partial charge in [-0.05, 0) is 122 Å². The van der Waals surface area contributed by atoms with Crippen LogP contribution < -0.4 is 0 Å². The zero-order valence-electron chi connectivity index (χ0n) is 24.1. The van der Waals surface area contributed by atoms with Gasteiger partial charge in [-0.2, -0.15) is 0 Å². The third-order valence-corrected chi connectivity index (χ3v) is 14.5. The average Bonchev–Trinajstić information content (AvgIpc) is 3.42. The molecule has 1 heterocycles. The van der Waals surface area contributed by atoms with Crippen LogP contribution >= 0.6 is 0 Å². The van der Waals surface area contributed by atoms with E-state index in [1.165, 1.54) is 57.8 Å². The van der Waals surface area contributed by atoms with Crippen molar-refractivity contribution in [1.82, 2.24) is 0 Å². The molecule has 0 aromatic carbocycles. The zero-order chi connectivity index (χ0) is 25.9. The highest BCUT2D eigenvalue weighted by atomic mass is 16.6. The fourth-order valence-corrected chi connectivity index (χ4v) is 12.2. The first-order valence-corrected chi connectivity index (χ1v) is 15.2. The second-order valence-electron chi connectivity index (χ2n) is 16.0. The van der Waals surface area contributed by atoms with Gasteiger partial charge in [-0.25, -0.2) is 0 Å². The molecule has 6 aliphatic rings. The molecule has 4 heteroatoms. The maximum absolute atomic E-state index is 11.9. The summed E-state index contributed by atoms with van der Waals surface area (Å²) >= 11 is 0. The number of hydrogen-bond acceptors (Lipinski definition) is 4. The van der Waals surface area contributed by atoms with E-state index >= 15 is 0 Å². The molecule has 5 saturated carbocycles. The number of aliphatic hydroxyl groups excluding tert-OH is 1. The zero-order valence-corrected chi connectivity index (χ0v) is 24.1. The van der Waals surface area contributed by atoms with Crippen molar-refractivity contribution in [3.05, 3.63) is 0 Å². The van der Waals surface area contributed by atoms with Crippen molar-refractivity contribution in [2.45, 2.75) is 124 Å². The lowest BCUT2D eigenvalue weighted by atomic mass is 9.32. The van der Waals surface area contributed by atoms with E-state index in [0.717, 1.165) is 18.9 Å². The molecule has 204 valence electrons. The Balaban J connectivity index is 1.38. The summed E-state index contributed by atoms with van der Waals surface area (Å²) in [6, 6.07) is 0. The standard InChI is InChI=1S/C32H52O4/c1-20(33)35-19-32-15-10-22(31(7)18-36-31)26(32)21-8-9-24-28(4)13-12-25(34)27(2,3)23(28)11-14-30(24,6)29(21,5)16-17-32/h21-26,34H,8-19H2,1-7H3/t21-,22-,23+,24-,25+,26+,28+,29-,30-,31+,32-/m1/s1. The summed E-state index contributed by atoms with van der Waals surface area (Å²) in [6.07, 6.45) is 12.0. The van der Waals surface area contributed by atoms with E-state index in [1.54, 1.807) is 6.92 Å². The minimum absolute atomic E-state index is 0.00623. The Bertz CT molecular complexity index is 923. The third kappa shape index (κ3) is 3.15. The molecule has 0 bridgehead atoms. The molecule has 0 aromatic heterocycles. The van der Waals surface area contributed by atoms with Crippen molar-refractivity contribution in [3.8, 4) is 0 Å². The Morgan fingerprint density at radius 3 is 2.22 bits per heavy atom. The van der Waals surface area contributed by atoms with Gasteiger partial charge in [0.1, 0.15) is 0 Å². The average molecular weight is 501 g/mol. The maximum Gasteiger partial charge on any atom is 0.302 e. The van der Waals surface area contributed by atoms with Gasteiger partial charge in [-0.3, -0.25) is 4.79 Å². The van der Waals surface area contributed by atoms with Gasteiger partial charge in [0.05, 0.1) is 24.9 Å². The van der Waals surface area contributed by atoms with Crippen molar-refractivity contribution >= 4 is 5.97 Å². The molecule has 36 heavy (non-hydrogen) atoms. The predicted molar refractivity (Wildman–Crippen MR) is 141 cm³/mol. The molecular formula is C32H52O4. The fourth-order valence-electron chi connectivity index (χ4n) is 12.2. The Hall–Kier alpha value is -0.610. The Labute approximate surface area is 219 Å². The quantitative estimate of drug-likeness (QED) is 0.343. The molecule has 6 rings (SSSR count). The first kappa shape index (κ1) is 25.7. The van der Waals surface area contributed by atoms with Gasteiger partial charge in [0.2, 0.25) is 0 Å². The van der Waals surface area contributed by atoms with Crippen LogP contribution in [-0.4, -0.2) is 36.0 Å². The number of ether oxygens (including phenoxy) is 2. The SMILES string of the molecule is CC(=O)OC[C@]12CC[C@@H]([C@]3(C)CO3)[C@@H]1[C@H]1CC[C@@H]3[C@@]4(C)CC[C@H](O)C(C)(C)[C@@H]4CC[C@@]3(C)[C@]1(C)CC2. The van der Waals surface area contributed by atoms with Crippen LogP contribution in [0, 0.1) is 56.7 Å². The number of rotatable bonds is 3. The van der Waals surface area contributed by atoms with Crippen LogP contribution in [0.1, 0.15) is 113 Å². The molecule has 11 atom stereocenters. The molecule has 0 spiro atoms. The van der Waals surface area contributed by atoms with Gasteiger partial charge in [-0.15, -0.1) is 0 Å². The van der Waals surface area contributed by atoms with Crippen molar-refractivity contribution < 1.29 is 19.4 Å². The molecular weight excluding hydrogens is 448 g/mol. The summed E-state index contributed by atoms with van der Waals surface area (Å²) in [7, 11) is 0. The molecule has 1 N–H and O–H groups in total. The monoisotopic (exact) mass is 500 g/mol. The summed E-state index contributed by atoms with van der Waals surface area (Å²) < 4.78 is 12.0. The molecule has 0 amide bonds. The first-order valence-electron chi connectivity index (χ1n) is 15.2. The van der Waals surface area contributed by atoms with Gasteiger partial charge >= 0.3 is 5.97 Å². The van der Waals surface area contributed by atoms with Crippen molar-refractivity contribution in [2.75, 3.05) is 13.2 Å². The van der Waals surface area contributed by atoms with E-state index in [9.17, 15) is 9.90 Å². The molecule has 5 aliphatic carbocycles. The van der Waals surface area contributed by atoms with Gasteiger partial charge in [0.25, 0.3) is 0 Å². The van der Waals surface area contributed by atoms with E-state index in [2.05, 4.69) is 41.5 Å². The lowest BCUT2D eigenvalue weighted by Gasteiger charge is -2.73. The van der Waals surface area contributed by atoms with E-state index in [0.29, 0.717) is 46.5 Å². The summed E-state index contributed by atoms with van der Waals surface area (Å²) in [6.45, 7) is 18.1. The molecule has 0 radical (unpaired) electrons. The van der Waals surface area contributed by atoms with Crippen LogP contribution in [0.2, 0.25) is 0 Å². The van der Waals surface area contributed by atoms with Crippen molar-refractivity contribution in [1.29, 1.82) is 0 Å². The predicted octanol–water partition coefficient (Wildman–Crippen LogP) is 6.78. The van der Waals surface area contributed by atoms with Crippen LogP contribution in [0.25, 0.3) is 0 Å². The van der Waals surface area contributed by atoms with Gasteiger partial charge < -0.3 is 14.6 Å². The number of carbonyl (C=O) groups excluding carboxylic acids is 1. The molecule has 1 saturated heterocycles. The summed E-state index contributed by atoms with van der Waals surface area (Å²) in [5.74, 6) is 3.07. The highest BCUT2D eigenvalue weighted by Crippen LogP contribution is 2.78. The van der Waals surface area contributed by atoms with Crippen LogP contribution in [0.3, 0.4) is 0 Å². The van der Waals surface area contributed by atoms with E-state index in [-0.39, 0.29) is 28.5 Å². The van der Waals surface area contributed by atoms with E-state index in [4.69, 9.17) is 9.47 Å². The van der Waals surface area contributed by atoms with E-state index < -0.39 is 0 Å². The van der Waals surface area contributed by atoms with Crippen LogP contribution in [0.5, 0.6) is 0 Å². The van der Waals surface area contributed by atoms with Crippen molar-refractivity contribution in [3.63, 3.8) is 0 Å². The highest BCUT2D eigenvalue weighted by molar-refractivity contribution is 5.65. The van der Waals surface area contributed by atoms with Gasteiger partial charge in [0.15, 0.2) is 0 Å². The second kappa shape index (κ2) is 7.74. The lowest BCUT2D eigenvalue weighted by Crippen LogP contribution is -2.67. The molecule has 0 unspecified atom stereocenters. The second-order valence-corrected chi connectivity index (χ2v) is 16.0. The number of esters is 1.